The van der Waals surface area contributed by atoms with Gasteiger partial charge in [0.2, 0.25) is 5.91 Å². The summed E-state index contributed by atoms with van der Waals surface area (Å²) in [5.41, 5.74) is 2.83. The van der Waals surface area contributed by atoms with E-state index >= 15 is 0 Å². The lowest BCUT2D eigenvalue weighted by Crippen LogP contribution is -2.67. The van der Waals surface area contributed by atoms with Gasteiger partial charge >= 0.3 is 0 Å². The van der Waals surface area contributed by atoms with Gasteiger partial charge in [-0.2, -0.15) is 0 Å². The van der Waals surface area contributed by atoms with Gasteiger partial charge in [-0.3, -0.25) is 9.59 Å². The topological polar surface area (TPSA) is 74.9 Å². The molecule has 2 aliphatic heterocycles. The predicted molar refractivity (Wildman–Crippen MR) is 144 cm³/mol. The number of carbonyl (C=O) groups excluding carboxylic acids is 2. The van der Waals surface area contributed by atoms with Gasteiger partial charge in [0.25, 0.3) is 5.91 Å². The summed E-state index contributed by atoms with van der Waals surface area (Å²) >= 11 is 0. The van der Waals surface area contributed by atoms with Gasteiger partial charge in [0.05, 0.1) is 25.5 Å². The normalized spacial score (nSPS) is 21.2. The second-order valence-corrected chi connectivity index (χ2v) is 10.2. The van der Waals surface area contributed by atoms with Crippen molar-refractivity contribution in [2.75, 3.05) is 32.8 Å². The van der Waals surface area contributed by atoms with E-state index in [2.05, 4.69) is 31.0 Å². The average molecular weight is 504 g/mol. The van der Waals surface area contributed by atoms with Crippen LogP contribution >= 0.6 is 0 Å². The van der Waals surface area contributed by atoms with Gasteiger partial charge in [-0.25, -0.2) is 0 Å². The molecule has 1 saturated heterocycles. The van der Waals surface area contributed by atoms with E-state index in [9.17, 15) is 9.59 Å². The van der Waals surface area contributed by atoms with Gasteiger partial charge in [-0.1, -0.05) is 44.5 Å². The van der Waals surface area contributed by atoms with Crippen LogP contribution in [0.3, 0.4) is 0 Å². The molecule has 37 heavy (non-hydrogen) atoms. The Hall–Kier alpha value is -3.48. The van der Waals surface area contributed by atoms with Gasteiger partial charge in [0.1, 0.15) is 0 Å². The van der Waals surface area contributed by atoms with Crippen LogP contribution in [0.2, 0.25) is 0 Å². The number of fused-ring (bicyclic) bond motifs is 5. The van der Waals surface area contributed by atoms with Crippen molar-refractivity contribution >= 4 is 22.7 Å². The quantitative estimate of drug-likeness (QED) is 0.436. The lowest BCUT2D eigenvalue weighted by atomic mass is 9.76. The molecule has 0 saturated carbocycles. The number of para-hydroxylation sites is 1. The van der Waals surface area contributed by atoms with E-state index in [1.54, 1.807) is 9.80 Å². The molecule has 0 spiro atoms. The summed E-state index contributed by atoms with van der Waals surface area (Å²) < 4.78 is 11.9. The fourth-order valence-corrected chi connectivity index (χ4v) is 5.85. The van der Waals surface area contributed by atoms with Crippen molar-refractivity contribution in [3.8, 4) is 11.5 Å². The molecule has 2 amide bonds. The number of hydrogen-bond donors (Lipinski definition) is 1. The molecule has 1 fully saturated rings. The average Bonchev–Trinajstić information content (AvgIpc) is 3.30. The molecule has 7 heteroatoms. The van der Waals surface area contributed by atoms with Gasteiger partial charge in [0, 0.05) is 29.9 Å². The number of nitrogens with zero attached hydrogens (tertiary/aromatic N) is 2. The minimum absolute atomic E-state index is 0.00914. The van der Waals surface area contributed by atoms with Crippen LogP contribution in [0, 0.1) is 0 Å². The number of rotatable bonds is 9. The molecule has 3 aromatic rings. The van der Waals surface area contributed by atoms with Crippen LogP contribution in [0.5, 0.6) is 11.5 Å². The van der Waals surface area contributed by atoms with Crippen LogP contribution in [0.15, 0.2) is 42.5 Å². The SMILES string of the molecule is CCCCN1CC(=O)N2CC(c3ccc(OCCC)c(OCC)c3)c3c([nH]c4ccccc34)[C@@]2(C)C1=O. The fraction of sp³-hybridized carbons (Fsp3) is 0.467. The molecule has 7 nitrogen and oxygen atoms in total. The van der Waals surface area contributed by atoms with E-state index in [1.165, 1.54) is 0 Å². The van der Waals surface area contributed by atoms with Crippen molar-refractivity contribution in [2.24, 2.45) is 0 Å². The second kappa shape index (κ2) is 10.1. The van der Waals surface area contributed by atoms with E-state index < -0.39 is 5.54 Å². The number of carbonyl (C=O) groups is 2. The first kappa shape index (κ1) is 25.2. The molecular formula is C30H37N3O4. The van der Waals surface area contributed by atoms with E-state index in [1.807, 2.05) is 44.2 Å². The van der Waals surface area contributed by atoms with Crippen LogP contribution in [-0.2, 0) is 15.1 Å². The Balaban J connectivity index is 1.66. The Morgan fingerprint density at radius 2 is 1.84 bits per heavy atom. The molecule has 1 N–H and O–H groups in total. The fourth-order valence-electron chi connectivity index (χ4n) is 5.85. The van der Waals surface area contributed by atoms with E-state index in [0.717, 1.165) is 52.7 Å². The smallest absolute Gasteiger partial charge is 0.254 e. The Bertz CT molecular complexity index is 1320. The van der Waals surface area contributed by atoms with Crippen LogP contribution < -0.4 is 9.47 Å². The largest absolute Gasteiger partial charge is 0.490 e. The van der Waals surface area contributed by atoms with Crippen molar-refractivity contribution in [1.82, 2.24) is 14.8 Å². The molecule has 0 aliphatic carbocycles. The van der Waals surface area contributed by atoms with Crippen molar-refractivity contribution in [3.63, 3.8) is 0 Å². The monoisotopic (exact) mass is 503 g/mol. The van der Waals surface area contributed by atoms with Gasteiger partial charge in [-0.05, 0) is 56.0 Å². The molecule has 2 atom stereocenters. The maximum Gasteiger partial charge on any atom is 0.254 e. The maximum absolute atomic E-state index is 14.0. The number of H-pyrrole nitrogens is 1. The zero-order valence-corrected chi connectivity index (χ0v) is 22.3. The van der Waals surface area contributed by atoms with Gasteiger partial charge in [0.15, 0.2) is 17.0 Å². The van der Waals surface area contributed by atoms with E-state index in [-0.39, 0.29) is 24.3 Å². The molecule has 1 aromatic heterocycles. The Kier molecular flexibility index (Phi) is 6.88. The molecule has 0 bridgehead atoms. The van der Waals surface area contributed by atoms with Crippen molar-refractivity contribution < 1.29 is 19.1 Å². The number of ether oxygens (including phenoxy) is 2. The molecule has 5 rings (SSSR count). The highest BCUT2D eigenvalue weighted by Crippen LogP contribution is 2.49. The van der Waals surface area contributed by atoms with E-state index in [0.29, 0.717) is 32.1 Å². The van der Waals surface area contributed by atoms with Crippen molar-refractivity contribution in [1.29, 1.82) is 0 Å². The number of piperazine rings is 1. The van der Waals surface area contributed by atoms with Crippen LogP contribution in [0.1, 0.15) is 69.7 Å². The van der Waals surface area contributed by atoms with Gasteiger partial charge in [-0.15, -0.1) is 0 Å². The van der Waals surface area contributed by atoms with Crippen LogP contribution in [-0.4, -0.2) is 59.4 Å². The summed E-state index contributed by atoms with van der Waals surface area (Å²) in [5.74, 6) is 1.29. The third kappa shape index (κ3) is 4.14. The summed E-state index contributed by atoms with van der Waals surface area (Å²) in [6.07, 6.45) is 2.76. The number of aromatic amines is 1. The van der Waals surface area contributed by atoms with Crippen molar-refractivity contribution in [2.45, 2.75) is 58.4 Å². The second-order valence-electron chi connectivity index (χ2n) is 10.2. The molecule has 3 heterocycles. The highest BCUT2D eigenvalue weighted by molar-refractivity contribution is 6.01. The highest BCUT2D eigenvalue weighted by atomic mass is 16.5. The summed E-state index contributed by atoms with van der Waals surface area (Å²) in [6, 6.07) is 14.2. The number of hydrogen-bond acceptors (Lipinski definition) is 4. The Morgan fingerprint density at radius 1 is 1.03 bits per heavy atom. The molecule has 1 unspecified atom stereocenters. The van der Waals surface area contributed by atoms with Crippen LogP contribution in [0.25, 0.3) is 10.9 Å². The summed E-state index contributed by atoms with van der Waals surface area (Å²) in [4.78, 5) is 34.6. The van der Waals surface area contributed by atoms with Gasteiger partial charge < -0.3 is 24.3 Å². The molecular weight excluding hydrogens is 466 g/mol. The van der Waals surface area contributed by atoms with Crippen molar-refractivity contribution in [3.05, 3.63) is 59.3 Å². The minimum atomic E-state index is -1.07. The molecule has 2 aromatic carbocycles. The Morgan fingerprint density at radius 3 is 2.59 bits per heavy atom. The third-order valence-electron chi connectivity index (χ3n) is 7.73. The minimum Gasteiger partial charge on any atom is -0.490 e. The molecule has 0 radical (unpaired) electrons. The molecule has 196 valence electrons. The lowest BCUT2D eigenvalue weighted by Gasteiger charge is -2.51. The number of unbranched alkanes of at least 4 members (excludes halogenated alkanes) is 1. The number of benzene rings is 2. The van der Waals surface area contributed by atoms with Crippen LogP contribution in [0.4, 0.5) is 0 Å². The number of nitrogens with one attached hydrogen (secondary N) is 1. The summed E-state index contributed by atoms with van der Waals surface area (Å²) in [6.45, 7) is 10.3. The first-order chi connectivity index (χ1) is 17.9. The first-order valence-corrected chi connectivity index (χ1v) is 13.5. The zero-order valence-electron chi connectivity index (χ0n) is 22.3. The zero-order chi connectivity index (χ0) is 26.2. The molecule has 2 aliphatic rings. The maximum atomic E-state index is 14.0. The highest BCUT2D eigenvalue weighted by Gasteiger charge is 2.56. The summed E-state index contributed by atoms with van der Waals surface area (Å²) in [5, 5.41) is 1.08. The number of aromatic nitrogens is 1. The Labute approximate surface area is 218 Å². The lowest BCUT2D eigenvalue weighted by molar-refractivity contribution is -0.166. The predicted octanol–water partition coefficient (Wildman–Crippen LogP) is 5.19. The first-order valence-electron chi connectivity index (χ1n) is 13.5. The van der Waals surface area contributed by atoms with E-state index in [4.69, 9.17) is 9.47 Å². The number of amides is 2. The standard InChI is InChI=1S/C30H37N3O4/c1-5-8-15-32-19-26(34)33-18-22(20-13-14-24(37-16-6-2)25(17-20)36-7-3)27-21-11-9-10-12-23(21)31-28(27)30(33,4)29(32)35/h9-14,17,22,31H,5-8,15-16,18-19H2,1-4H3/t22?,30-/m0/s1. The summed E-state index contributed by atoms with van der Waals surface area (Å²) in [7, 11) is 0. The third-order valence-corrected chi connectivity index (χ3v) is 7.73.